The molecule has 34 heavy (non-hydrogen) atoms. The number of amides is 3. The van der Waals surface area contributed by atoms with Crippen LogP contribution in [0.1, 0.15) is 52.9 Å². The van der Waals surface area contributed by atoms with E-state index in [2.05, 4.69) is 26.3 Å². The van der Waals surface area contributed by atoms with Crippen LogP contribution >= 0.6 is 0 Å². The average molecular weight is 486 g/mol. The normalized spacial score (nSPS) is 18.9. The van der Waals surface area contributed by atoms with Crippen LogP contribution in [0.15, 0.2) is 4.99 Å². The minimum absolute atomic E-state index is 0.00463. The van der Waals surface area contributed by atoms with Gasteiger partial charge in [0.05, 0.1) is 12.1 Å². The van der Waals surface area contributed by atoms with Crippen molar-refractivity contribution >= 4 is 29.7 Å². The topological polar surface area (TPSA) is 221 Å². The molecule has 10 N–H and O–H groups in total. The highest BCUT2D eigenvalue weighted by atomic mass is 16.4. The molecule has 0 aromatic heterocycles. The molecule has 5 unspecified atom stereocenters. The molecule has 1 fully saturated rings. The highest BCUT2D eigenvalue weighted by Crippen LogP contribution is 2.09. The Kier molecular flexibility index (Phi) is 12.3. The fraction of sp³-hybridized carbons (Fsp3) is 0.762. The predicted octanol–water partition coefficient (Wildman–Crippen LogP) is -2.24. The lowest BCUT2D eigenvalue weighted by Crippen LogP contribution is -2.59. The molecule has 194 valence electrons. The molecule has 0 bridgehead atoms. The monoisotopic (exact) mass is 485 g/mol. The number of carboxylic acids is 1. The van der Waals surface area contributed by atoms with Gasteiger partial charge in [0.2, 0.25) is 17.7 Å². The molecule has 1 heterocycles. The minimum atomic E-state index is -1.41. The van der Waals surface area contributed by atoms with Crippen LogP contribution in [0.5, 0.6) is 0 Å². The minimum Gasteiger partial charge on any atom is -0.480 e. The van der Waals surface area contributed by atoms with Crippen LogP contribution in [0, 0.1) is 5.92 Å². The van der Waals surface area contributed by atoms with E-state index in [1.165, 1.54) is 6.92 Å². The average Bonchev–Trinajstić information content (AvgIpc) is 3.27. The number of guanidine groups is 1. The van der Waals surface area contributed by atoms with E-state index in [1.54, 1.807) is 0 Å². The van der Waals surface area contributed by atoms with Crippen LogP contribution in [0.2, 0.25) is 0 Å². The van der Waals surface area contributed by atoms with Crippen LogP contribution in [0.3, 0.4) is 0 Å². The van der Waals surface area contributed by atoms with Crippen LogP contribution in [-0.4, -0.2) is 83.2 Å². The molecule has 0 saturated carbocycles. The summed E-state index contributed by atoms with van der Waals surface area (Å²) in [6.45, 7) is 5.86. The van der Waals surface area contributed by atoms with E-state index < -0.39 is 48.1 Å². The molecule has 1 aliphatic heterocycles. The van der Waals surface area contributed by atoms with Crippen molar-refractivity contribution in [2.75, 3.05) is 13.1 Å². The third-order valence-corrected chi connectivity index (χ3v) is 5.34. The third-order valence-electron chi connectivity index (χ3n) is 5.34. The van der Waals surface area contributed by atoms with E-state index >= 15 is 0 Å². The number of hydrogen-bond donors (Lipinski definition) is 8. The summed E-state index contributed by atoms with van der Waals surface area (Å²) < 4.78 is 0. The Morgan fingerprint density at radius 1 is 1.06 bits per heavy atom. The number of carbonyl (C=O) groups is 4. The van der Waals surface area contributed by atoms with E-state index in [-0.39, 0.29) is 37.2 Å². The van der Waals surface area contributed by atoms with Crippen molar-refractivity contribution in [3.05, 3.63) is 0 Å². The lowest BCUT2D eigenvalue weighted by molar-refractivity contribution is -0.143. The highest BCUT2D eigenvalue weighted by molar-refractivity contribution is 5.94. The van der Waals surface area contributed by atoms with Gasteiger partial charge < -0.3 is 42.9 Å². The van der Waals surface area contributed by atoms with E-state index in [0.29, 0.717) is 19.4 Å². The van der Waals surface area contributed by atoms with Crippen molar-refractivity contribution in [3.63, 3.8) is 0 Å². The zero-order valence-electron chi connectivity index (χ0n) is 20.0. The quantitative estimate of drug-likeness (QED) is 0.0755. The highest BCUT2D eigenvalue weighted by Gasteiger charge is 2.33. The standard InChI is InChI=1S/C21H39N7O6/c1-11(2)10-15(20(33)34)27-19(32)16(12(3)29)28-18(31)14(7-5-9-25-21(22)23)26-17(30)13-6-4-8-24-13/h11-16,24,29H,4-10H2,1-3H3,(H,26,30)(H,27,32)(H,28,31)(H,33,34)(H4,22,23,25). The van der Waals surface area contributed by atoms with Crippen LogP contribution in [0.25, 0.3) is 0 Å². The maximum Gasteiger partial charge on any atom is 0.326 e. The zero-order chi connectivity index (χ0) is 25.8. The summed E-state index contributed by atoms with van der Waals surface area (Å²) >= 11 is 0. The number of nitrogens with one attached hydrogen (secondary N) is 4. The van der Waals surface area contributed by atoms with Gasteiger partial charge in [-0.15, -0.1) is 0 Å². The van der Waals surface area contributed by atoms with E-state index in [4.69, 9.17) is 11.5 Å². The number of carbonyl (C=O) groups excluding carboxylic acids is 3. The first-order chi connectivity index (χ1) is 15.9. The second-order valence-electron chi connectivity index (χ2n) is 8.91. The fourth-order valence-corrected chi connectivity index (χ4v) is 3.57. The summed E-state index contributed by atoms with van der Waals surface area (Å²) in [6, 6.07) is -4.02. The van der Waals surface area contributed by atoms with Crippen molar-refractivity contribution in [3.8, 4) is 0 Å². The van der Waals surface area contributed by atoms with Gasteiger partial charge in [-0.1, -0.05) is 13.8 Å². The smallest absolute Gasteiger partial charge is 0.326 e. The number of hydrogen-bond acceptors (Lipinski definition) is 7. The fourth-order valence-electron chi connectivity index (χ4n) is 3.57. The van der Waals surface area contributed by atoms with E-state index in [0.717, 1.165) is 6.42 Å². The lowest BCUT2D eigenvalue weighted by atomic mass is 10.0. The van der Waals surface area contributed by atoms with E-state index in [1.807, 2.05) is 13.8 Å². The number of rotatable bonds is 14. The number of aliphatic hydroxyl groups is 1. The lowest BCUT2D eigenvalue weighted by Gasteiger charge is -2.27. The molecule has 13 nitrogen and oxygen atoms in total. The number of aliphatic hydroxyl groups excluding tert-OH is 1. The van der Waals surface area contributed by atoms with Gasteiger partial charge in [0.15, 0.2) is 5.96 Å². The Bertz CT molecular complexity index is 733. The molecule has 0 aromatic carbocycles. The Morgan fingerprint density at radius 2 is 1.74 bits per heavy atom. The summed E-state index contributed by atoms with van der Waals surface area (Å²) in [5.41, 5.74) is 10.6. The Balaban J connectivity index is 2.91. The van der Waals surface area contributed by atoms with Crippen LogP contribution < -0.4 is 32.7 Å². The summed E-state index contributed by atoms with van der Waals surface area (Å²) in [6.07, 6.45) is 0.895. The molecular formula is C21H39N7O6. The zero-order valence-corrected chi connectivity index (χ0v) is 20.0. The van der Waals surface area contributed by atoms with Crippen LogP contribution in [0.4, 0.5) is 0 Å². The molecule has 0 spiro atoms. The summed E-state index contributed by atoms with van der Waals surface area (Å²) in [5.74, 6) is -3.19. The van der Waals surface area contributed by atoms with Gasteiger partial charge in [-0.3, -0.25) is 19.4 Å². The Labute approximate surface area is 199 Å². The van der Waals surface area contributed by atoms with Crippen molar-refractivity contribution in [2.24, 2.45) is 22.4 Å². The number of nitrogens with two attached hydrogens (primary N) is 2. The first kappa shape index (κ1) is 29.1. The SMILES string of the molecule is CC(C)CC(NC(=O)C(NC(=O)C(CCCN=C(N)N)NC(=O)C1CCCN1)C(C)O)C(=O)O. The summed E-state index contributed by atoms with van der Waals surface area (Å²) in [7, 11) is 0. The molecule has 1 rings (SSSR count). The summed E-state index contributed by atoms with van der Waals surface area (Å²) in [5, 5.41) is 30.0. The molecular weight excluding hydrogens is 446 g/mol. The predicted molar refractivity (Wildman–Crippen MR) is 125 cm³/mol. The van der Waals surface area contributed by atoms with Crippen LogP contribution in [-0.2, 0) is 19.2 Å². The number of nitrogens with zero attached hydrogens (tertiary/aromatic N) is 1. The first-order valence-electron chi connectivity index (χ1n) is 11.5. The molecule has 5 atom stereocenters. The van der Waals surface area contributed by atoms with Crippen molar-refractivity contribution < 1.29 is 29.4 Å². The second kappa shape index (κ2) is 14.4. The van der Waals surface area contributed by atoms with Crippen molar-refractivity contribution in [1.82, 2.24) is 21.3 Å². The molecule has 0 aromatic rings. The second-order valence-corrected chi connectivity index (χ2v) is 8.91. The van der Waals surface area contributed by atoms with Gasteiger partial charge in [-0.2, -0.15) is 0 Å². The van der Waals surface area contributed by atoms with Crippen molar-refractivity contribution in [1.29, 1.82) is 0 Å². The molecule has 13 heteroatoms. The van der Waals surface area contributed by atoms with Gasteiger partial charge >= 0.3 is 5.97 Å². The molecule has 1 saturated heterocycles. The Morgan fingerprint density at radius 3 is 2.24 bits per heavy atom. The van der Waals surface area contributed by atoms with Gasteiger partial charge in [-0.25, -0.2) is 4.79 Å². The van der Waals surface area contributed by atoms with Crippen molar-refractivity contribution in [2.45, 2.75) is 83.1 Å². The largest absolute Gasteiger partial charge is 0.480 e. The Hall–Kier alpha value is -2.93. The van der Waals surface area contributed by atoms with E-state index in [9.17, 15) is 29.4 Å². The number of aliphatic imine (C=N–C) groups is 1. The molecule has 3 amide bonds. The molecule has 0 aliphatic carbocycles. The number of aliphatic carboxylic acids is 1. The first-order valence-corrected chi connectivity index (χ1v) is 11.5. The third kappa shape index (κ3) is 10.3. The van der Waals surface area contributed by atoms with Gasteiger partial charge in [0, 0.05) is 6.54 Å². The maximum absolute atomic E-state index is 13.0. The number of carboxylic acid groups (broad SMARTS) is 1. The van der Waals surface area contributed by atoms with Gasteiger partial charge in [0.25, 0.3) is 0 Å². The molecule has 0 radical (unpaired) electrons. The molecule has 1 aliphatic rings. The van der Waals surface area contributed by atoms with Gasteiger partial charge in [-0.05, 0) is 51.5 Å². The summed E-state index contributed by atoms with van der Waals surface area (Å²) in [4.78, 5) is 53.6. The van der Waals surface area contributed by atoms with Gasteiger partial charge in [0.1, 0.15) is 18.1 Å². The maximum atomic E-state index is 13.0.